The fraction of sp³-hybridized carbons (Fsp3) is 0.636. The zero-order chi connectivity index (χ0) is 27.3. The highest BCUT2D eigenvalue weighted by Crippen LogP contribution is 2.07. The van der Waals surface area contributed by atoms with E-state index in [4.69, 9.17) is 17.2 Å². The van der Waals surface area contributed by atoms with Gasteiger partial charge in [0.15, 0.2) is 0 Å². The fourth-order valence-electron chi connectivity index (χ4n) is 3.33. The maximum absolute atomic E-state index is 13.2. The summed E-state index contributed by atoms with van der Waals surface area (Å²) in [6.07, 6.45) is 4.13. The molecule has 0 radical (unpaired) electrons. The van der Waals surface area contributed by atoms with Crippen molar-refractivity contribution in [3.63, 3.8) is 0 Å². The van der Waals surface area contributed by atoms with E-state index in [1.54, 1.807) is 13.8 Å². The van der Waals surface area contributed by atoms with E-state index in [-0.39, 0.29) is 25.7 Å². The second-order valence-electron chi connectivity index (χ2n) is 8.87. The molecule has 0 aliphatic heterocycles. The average molecular weight is 511 g/mol. The molecule has 202 valence electrons. The molecule has 0 aliphatic carbocycles. The van der Waals surface area contributed by atoms with Crippen LogP contribution in [0.2, 0.25) is 0 Å². The lowest BCUT2D eigenvalue weighted by atomic mass is 10.0. The molecule has 4 atom stereocenters. The lowest BCUT2D eigenvalue weighted by Crippen LogP contribution is -2.58. The van der Waals surface area contributed by atoms with Crippen molar-refractivity contribution in [2.24, 2.45) is 23.1 Å². The fourth-order valence-corrected chi connectivity index (χ4v) is 3.33. The molecule has 1 rings (SSSR count). The van der Waals surface area contributed by atoms with E-state index < -0.39 is 59.7 Å². The number of carbonyl (C=O) groups is 5. The Hall–Kier alpha value is -3.52. The van der Waals surface area contributed by atoms with Crippen molar-refractivity contribution >= 4 is 29.6 Å². The maximum Gasteiger partial charge on any atom is 0.326 e. The van der Waals surface area contributed by atoms with Crippen molar-refractivity contribution in [2.45, 2.75) is 76.5 Å². The molecule has 0 saturated heterocycles. The molecule has 0 fully saturated rings. The van der Waals surface area contributed by atoms with E-state index in [1.165, 1.54) is 12.5 Å². The van der Waals surface area contributed by atoms with Gasteiger partial charge in [-0.25, -0.2) is 9.78 Å². The third-order valence-corrected chi connectivity index (χ3v) is 5.46. The number of nitrogens with two attached hydrogens (primary N) is 3. The molecule has 14 nitrogen and oxygen atoms in total. The van der Waals surface area contributed by atoms with Crippen molar-refractivity contribution in [2.75, 3.05) is 6.54 Å². The predicted molar refractivity (Wildman–Crippen MR) is 130 cm³/mol. The monoisotopic (exact) mass is 510 g/mol. The highest BCUT2D eigenvalue weighted by molar-refractivity contribution is 5.94. The number of carboxylic acid groups (broad SMARTS) is 1. The topological polar surface area (TPSA) is 248 Å². The first-order valence-corrected chi connectivity index (χ1v) is 11.8. The number of carbonyl (C=O) groups excluding carboxylic acids is 4. The van der Waals surface area contributed by atoms with Gasteiger partial charge in [0, 0.05) is 24.7 Å². The first-order chi connectivity index (χ1) is 17.0. The number of amides is 4. The van der Waals surface area contributed by atoms with Gasteiger partial charge in [0.05, 0.1) is 12.4 Å². The SMILES string of the molecule is CC(C)C(NC(=O)C(Cc1cnc[nH]1)NC(=O)C(CCCCN)NC(=O)C(N)CCC(N)=O)C(=O)O. The zero-order valence-corrected chi connectivity index (χ0v) is 20.7. The smallest absolute Gasteiger partial charge is 0.326 e. The van der Waals surface area contributed by atoms with Crippen molar-refractivity contribution in [1.29, 1.82) is 0 Å². The summed E-state index contributed by atoms with van der Waals surface area (Å²) in [5.41, 5.74) is 17.0. The summed E-state index contributed by atoms with van der Waals surface area (Å²) >= 11 is 0. The van der Waals surface area contributed by atoms with E-state index in [0.29, 0.717) is 25.1 Å². The van der Waals surface area contributed by atoms with Crippen LogP contribution in [0, 0.1) is 5.92 Å². The number of nitrogens with one attached hydrogen (secondary N) is 4. The molecule has 1 aromatic heterocycles. The lowest BCUT2D eigenvalue weighted by molar-refractivity contribution is -0.143. The quantitative estimate of drug-likeness (QED) is 0.106. The zero-order valence-electron chi connectivity index (χ0n) is 20.7. The average Bonchev–Trinajstić information content (AvgIpc) is 3.32. The third-order valence-electron chi connectivity index (χ3n) is 5.46. The molecule has 36 heavy (non-hydrogen) atoms. The number of aromatic amines is 1. The van der Waals surface area contributed by atoms with E-state index in [0.717, 1.165) is 0 Å². The van der Waals surface area contributed by atoms with Gasteiger partial charge in [0.25, 0.3) is 0 Å². The van der Waals surface area contributed by atoms with Crippen molar-refractivity contribution in [1.82, 2.24) is 25.9 Å². The Morgan fingerprint density at radius 1 is 1.00 bits per heavy atom. The Balaban J connectivity index is 3.03. The molecule has 1 heterocycles. The van der Waals surface area contributed by atoms with Crippen LogP contribution >= 0.6 is 0 Å². The van der Waals surface area contributed by atoms with Gasteiger partial charge in [0.2, 0.25) is 23.6 Å². The van der Waals surface area contributed by atoms with Crippen molar-refractivity contribution in [3.8, 4) is 0 Å². The van der Waals surface area contributed by atoms with Crippen LogP contribution in [0.15, 0.2) is 12.5 Å². The minimum Gasteiger partial charge on any atom is -0.480 e. The third kappa shape index (κ3) is 10.8. The van der Waals surface area contributed by atoms with Gasteiger partial charge in [0.1, 0.15) is 18.1 Å². The van der Waals surface area contributed by atoms with E-state index in [9.17, 15) is 29.1 Å². The molecule has 1 aromatic rings. The number of carboxylic acids is 1. The lowest BCUT2D eigenvalue weighted by Gasteiger charge is -2.26. The number of hydrogen-bond acceptors (Lipinski definition) is 8. The van der Waals surface area contributed by atoms with Crippen molar-refractivity contribution < 1.29 is 29.1 Å². The van der Waals surface area contributed by atoms with Crippen LogP contribution in [-0.2, 0) is 30.4 Å². The number of hydrogen-bond donors (Lipinski definition) is 8. The standard InChI is InChI=1S/C22H38N8O6/c1-12(2)18(22(35)36)30-21(34)16(9-13-10-26-11-27-13)29-20(33)15(5-3-4-8-23)28-19(32)14(24)6-7-17(25)31/h10-12,14-16,18H,3-9,23-24H2,1-2H3,(H2,25,31)(H,26,27)(H,28,32)(H,29,33)(H,30,34)(H,35,36). The number of aromatic nitrogens is 2. The second-order valence-corrected chi connectivity index (χ2v) is 8.87. The Labute approximate surface area is 209 Å². The molecule has 4 amide bonds. The molecule has 0 bridgehead atoms. The number of nitrogens with zero attached hydrogens (tertiary/aromatic N) is 1. The molecule has 0 aliphatic rings. The van der Waals surface area contributed by atoms with Gasteiger partial charge in [-0.15, -0.1) is 0 Å². The summed E-state index contributed by atoms with van der Waals surface area (Å²) in [6.45, 7) is 3.68. The summed E-state index contributed by atoms with van der Waals surface area (Å²) < 4.78 is 0. The molecule has 0 spiro atoms. The van der Waals surface area contributed by atoms with Crippen LogP contribution in [-0.4, -0.2) is 75.4 Å². The molecular formula is C22H38N8O6. The van der Waals surface area contributed by atoms with Crippen LogP contribution in [0.1, 0.15) is 51.6 Å². The number of primary amides is 1. The predicted octanol–water partition coefficient (Wildman–Crippen LogP) is -2.13. The minimum atomic E-state index is -1.21. The van der Waals surface area contributed by atoms with E-state index in [2.05, 4.69) is 25.9 Å². The van der Waals surface area contributed by atoms with Gasteiger partial charge < -0.3 is 43.2 Å². The van der Waals surface area contributed by atoms with Crippen LogP contribution in [0.3, 0.4) is 0 Å². The van der Waals surface area contributed by atoms with Crippen LogP contribution in [0.4, 0.5) is 0 Å². The Morgan fingerprint density at radius 3 is 2.17 bits per heavy atom. The summed E-state index contributed by atoms with van der Waals surface area (Å²) in [6, 6.07) is -4.42. The molecular weight excluding hydrogens is 472 g/mol. The Morgan fingerprint density at radius 2 is 1.64 bits per heavy atom. The number of rotatable bonds is 17. The highest BCUT2D eigenvalue weighted by Gasteiger charge is 2.31. The first-order valence-electron chi connectivity index (χ1n) is 11.8. The van der Waals surface area contributed by atoms with Gasteiger partial charge in [-0.1, -0.05) is 13.8 Å². The first kappa shape index (κ1) is 30.5. The summed E-state index contributed by atoms with van der Waals surface area (Å²) in [5.74, 6) is -4.22. The Bertz CT molecular complexity index is 876. The van der Waals surface area contributed by atoms with Gasteiger partial charge in [-0.3, -0.25) is 19.2 Å². The largest absolute Gasteiger partial charge is 0.480 e. The minimum absolute atomic E-state index is 0.00357. The van der Waals surface area contributed by atoms with Gasteiger partial charge in [-0.2, -0.15) is 0 Å². The van der Waals surface area contributed by atoms with Gasteiger partial charge >= 0.3 is 5.97 Å². The number of unbranched alkanes of at least 4 members (excludes halogenated alkanes) is 1. The number of aliphatic carboxylic acids is 1. The van der Waals surface area contributed by atoms with Crippen LogP contribution in [0.5, 0.6) is 0 Å². The molecule has 0 saturated carbocycles. The second kappa shape index (κ2) is 15.5. The van der Waals surface area contributed by atoms with Crippen LogP contribution in [0.25, 0.3) is 0 Å². The summed E-state index contributed by atoms with van der Waals surface area (Å²) in [7, 11) is 0. The van der Waals surface area contributed by atoms with Crippen LogP contribution < -0.4 is 33.2 Å². The highest BCUT2D eigenvalue weighted by atomic mass is 16.4. The molecule has 4 unspecified atom stereocenters. The number of imidazole rings is 1. The van der Waals surface area contributed by atoms with E-state index >= 15 is 0 Å². The maximum atomic E-state index is 13.2. The molecule has 14 heteroatoms. The summed E-state index contributed by atoms with van der Waals surface area (Å²) in [5, 5.41) is 17.1. The summed E-state index contributed by atoms with van der Waals surface area (Å²) in [4.78, 5) is 68.0. The normalized spacial score (nSPS) is 14.4. The molecule has 11 N–H and O–H groups in total. The number of H-pyrrole nitrogens is 1. The molecule has 0 aromatic carbocycles. The van der Waals surface area contributed by atoms with E-state index in [1.807, 2.05) is 0 Å². The van der Waals surface area contributed by atoms with Gasteiger partial charge in [-0.05, 0) is 38.1 Å². The van der Waals surface area contributed by atoms with Crippen molar-refractivity contribution in [3.05, 3.63) is 18.2 Å². The Kier molecular flexibility index (Phi) is 13.1.